The lowest BCUT2D eigenvalue weighted by atomic mass is 9.90. The van der Waals surface area contributed by atoms with E-state index in [-0.39, 0.29) is 67.7 Å². The van der Waals surface area contributed by atoms with Gasteiger partial charge in [-0.25, -0.2) is 9.59 Å². The lowest BCUT2D eigenvalue weighted by Crippen LogP contribution is -2.51. The summed E-state index contributed by atoms with van der Waals surface area (Å²) in [5.74, 6) is -3.28. The van der Waals surface area contributed by atoms with Gasteiger partial charge in [0.2, 0.25) is 23.0 Å². The molecule has 0 unspecified atom stereocenters. The number of alkyl halides is 2. The van der Waals surface area contributed by atoms with E-state index in [4.69, 9.17) is 49.0 Å². The Morgan fingerprint density at radius 2 is 0.923 bits per heavy atom. The van der Waals surface area contributed by atoms with Crippen LogP contribution in [0.4, 0.5) is 0 Å². The van der Waals surface area contributed by atoms with Crippen molar-refractivity contribution in [1.82, 2.24) is 24.9 Å². The van der Waals surface area contributed by atoms with Crippen molar-refractivity contribution in [2.75, 3.05) is 85.1 Å². The molecule has 0 spiro atoms. The van der Waals surface area contributed by atoms with Crippen molar-refractivity contribution in [3.63, 3.8) is 0 Å². The Labute approximate surface area is 552 Å². The van der Waals surface area contributed by atoms with Gasteiger partial charge < -0.3 is 49.3 Å². The van der Waals surface area contributed by atoms with Gasteiger partial charge in [-0.15, -0.1) is 23.2 Å². The molecule has 6 atom stereocenters. The van der Waals surface area contributed by atoms with Gasteiger partial charge in [0.15, 0.2) is 0 Å². The minimum Gasteiger partial charge on any atom is -0.467 e. The molecular weight excluding hydrogens is 1220 g/mol. The predicted molar refractivity (Wildman–Crippen MR) is 359 cm³/mol. The lowest BCUT2D eigenvalue weighted by Gasteiger charge is -2.35. The minimum absolute atomic E-state index is 0.0428. The molecule has 3 N–H and O–H groups in total. The normalized spacial score (nSPS) is 17.2. The van der Waals surface area contributed by atoms with Gasteiger partial charge in [-0.05, 0) is 96.7 Å². The first-order valence-electron chi connectivity index (χ1n) is 31.1. The van der Waals surface area contributed by atoms with Crippen LogP contribution in [-0.2, 0) is 55.8 Å². The van der Waals surface area contributed by atoms with Gasteiger partial charge in [-0.3, -0.25) is 19.2 Å². The third kappa shape index (κ3) is 23.6. The van der Waals surface area contributed by atoms with Crippen molar-refractivity contribution >= 4 is 69.7 Å². The van der Waals surface area contributed by atoms with Crippen LogP contribution in [0.25, 0.3) is 0 Å². The molecule has 91 heavy (non-hydrogen) atoms. The van der Waals surface area contributed by atoms with Gasteiger partial charge in [-0.1, -0.05) is 203 Å². The number of likely N-dealkylation sites (tertiary alicyclic amines) is 2. The van der Waals surface area contributed by atoms with Crippen LogP contribution < -0.4 is 5.32 Å². The van der Waals surface area contributed by atoms with Gasteiger partial charge >= 0.3 is 11.9 Å². The molecule has 3 aliphatic heterocycles. The van der Waals surface area contributed by atoms with Crippen molar-refractivity contribution in [3.8, 4) is 0 Å². The molecule has 0 aromatic heterocycles. The van der Waals surface area contributed by atoms with Crippen LogP contribution in [0.2, 0.25) is 0 Å². The molecule has 3 heterocycles. The summed E-state index contributed by atoms with van der Waals surface area (Å²) in [6, 6.07) is 54.6. The average Bonchev–Trinajstić information content (AvgIpc) is 1.98. The zero-order valence-electron chi connectivity index (χ0n) is 53.0. The van der Waals surface area contributed by atoms with Crippen LogP contribution in [0.3, 0.4) is 0 Å². The van der Waals surface area contributed by atoms with Gasteiger partial charge in [0.05, 0.1) is 57.2 Å². The Bertz CT molecular complexity index is 2960. The molecule has 3 aliphatic rings. The Morgan fingerprint density at radius 3 is 1.24 bits per heavy atom. The van der Waals surface area contributed by atoms with Crippen molar-refractivity contribution in [1.29, 1.82) is 0 Å². The third-order valence-corrected chi connectivity index (χ3v) is 16.9. The molecule has 6 aromatic rings. The lowest BCUT2D eigenvalue weighted by molar-refractivity contribution is -0.151. The van der Waals surface area contributed by atoms with E-state index < -0.39 is 53.2 Å². The first-order chi connectivity index (χ1) is 44.2. The first-order valence-corrected chi connectivity index (χ1v) is 32.6. The maximum absolute atomic E-state index is 14.3. The number of hydrogen-bond acceptors (Lipinski definition) is 13. The second-order valence-corrected chi connectivity index (χ2v) is 23.0. The second-order valence-electron chi connectivity index (χ2n) is 22.0. The number of carbonyl (C=O) groups is 6. The Kier molecular flexibility index (Phi) is 34.1. The van der Waals surface area contributed by atoms with Crippen molar-refractivity contribution in [2.24, 2.45) is 0 Å². The fourth-order valence-corrected chi connectivity index (χ4v) is 11.7. The highest BCUT2D eigenvalue weighted by atomic mass is 35.5. The summed E-state index contributed by atoms with van der Waals surface area (Å²) in [5.41, 5.74) is 5.41. The van der Waals surface area contributed by atoms with Gasteiger partial charge in [0.1, 0.15) is 18.0 Å². The summed E-state index contributed by atoms with van der Waals surface area (Å²) in [7, 11) is 2.64. The van der Waals surface area contributed by atoms with E-state index in [0.29, 0.717) is 25.8 Å². The number of nitrogens with zero attached hydrogens (tertiary/aromatic N) is 4. The number of aliphatic hydroxyl groups excluding tert-OH is 2. The second kappa shape index (κ2) is 41.5. The molecule has 0 bridgehead atoms. The number of esters is 2. The number of halogens is 3. The fraction of sp³-hybridized carbons (Fsp3) is 0.417. The highest BCUT2D eigenvalue weighted by Crippen LogP contribution is 2.35. The van der Waals surface area contributed by atoms with Gasteiger partial charge in [0.25, 0.3) is 0 Å². The monoisotopic (exact) mass is 1310 g/mol. The maximum atomic E-state index is 14.3. The summed E-state index contributed by atoms with van der Waals surface area (Å²) in [6.45, 7) is 12.3. The number of amides is 3. The van der Waals surface area contributed by atoms with E-state index >= 15 is 0 Å². The number of carbonyl (C=O) groups excluding carboxylic acids is 6. The topological polar surface area (TPSA) is 196 Å². The van der Waals surface area contributed by atoms with Gasteiger partial charge in [-0.2, -0.15) is 0 Å². The summed E-state index contributed by atoms with van der Waals surface area (Å²) >= 11 is 15.6. The van der Waals surface area contributed by atoms with Crippen LogP contribution in [0.15, 0.2) is 182 Å². The molecule has 3 fully saturated rings. The number of ether oxygens (including phenoxy) is 3. The molecule has 6 aromatic carbocycles. The largest absolute Gasteiger partial charge is 0.467 e. The zero-order chi connectivity index (χ0) is 65.9. The van der Waals surface area contributed by atoms with Crippen molar-refractivity contribution < 1.29 is 53.2 Å². The average molecular weight is 1310 g/mol. The van der Waals surface area contributed by atoms with E-state index in [1.807, 2.05) is 182 Å². The highest BCUT2D eigenvalue weighted by Gasteiger charge is 2.47. The van der Waals surface area contributed by atoms with E-state index in [2.05, 4.69) is 31.0 Å². The standard InChI is InChI=1S/C31H33ClN2O5.C29H32N2O4.C6H15N.C4H8O.C2H2Cl2O/c1-39-31(38)27-18-25(34(28(36)19-32)26(21-35)17-22-11-5-2-6-12-22)20-33(27)30(37)29(23-13-7-3-8-14-23)24-15-9-4-10-16-24;1-35-29(34)26-18-24(30-25(20-32)17-21-11-5-2-6-12-21)19-31(26)28(33)27(22-13-7-3-8-14-22)23-15-9-4-10-16-23;1-4-7(5-2)6-3;1-2-4-5-3-1;3-1-2(4)5/h2-16,25-27,29,35H,17-21H2,1H3;2-16,24-27,30,32H,17-20H2,1H3;4-6H2,1-3H3;1-4H2;1H2/t25-,26-,27-;24-,25-,26-;;;/m00.../s1. The van der Waals surface area contributed by atoms with Crippen LogP contribution >= 0.6 is 34.8 Å². The van der Waals surface area contributed by atoms with Crippen LogP contribution in [0.1, 0.15) is 91.7 Å². The smallest absolute Gasteiger partial charge is 0.328 e. The molecule has 0 radical (unpaired) electrons. The summed E-state index contributed by atoms with van der Waals surface area (Å²) in [5, 5.41) is 23.3. The fourth-order valence-electron chi connectivity index (χ4n) is 11.5. The first kappa shape index (κ1) is 74.7. The van der Waals surface area contributed by atoms with Gasteiger partial charge in [0, 0.05) is 44.8 Å². The minimum atomic E-state index is -0.885. The summed E-state index contributed by atoms with van der Waals surface area (Å²) < 4.78 is 15.1. The molecule has 9 rings (SSSR count). The van der Waals surface area contributed by atoms with E-state index in [9.17, 15) is 39.0 Å². The number of methoxy groups -OCH3 is 2. The number of benzene rings is 6. The number of aliphatic hydroxyl groups is 2. The SMILES string of the molecule is C1CCOC1.CCN(CC)CC.COC(=O)[C@@H]1C[C@H](N(C(=O)CCl)[C@H](CO)Cc2ccccc2)CN1C(=O)C(c1ccccc1)c1ccccc1.COC(=O)[C@@H]1C[C@H](N[C@H](CO)Cc2ccccc2)CN1C(=O)C(c1ccccc1)c1ccccc1.O=C(Cl)CCl. The van der Waals surface area contributed by atoms with Crippen LogP contribution in [0, 0.1) is 0 Å². The molecule has 0 aliphatic carbocycles. The quantitative estimate of drug-likeness (QED) is 0.0312. The van der Waals surface area contributed by atoms with Crippen molar-refractivity contribution in [3.05, 3.63) is 215 Å². The zero-order valence-corrected chi connectivity index (χ0v) is 55.2. The number of nitrogens with one attached hydrogen (secondary N) is 1. The summed E-state index contributed by atoms with van der Waals surface area (Å²) in [6.07, 6.45) is 4.23. The molecule has 3 amide bonds. The summed E-state index contributed by atoms with van der Waals surface area (Å²) in [4.78, 5) is 83.7. The van der Waals surface area contributed by atoms with Crippen LogP contribution in [0.5, 0.6) is 0 Å². The Hall–Kier alpha value is -6.99. The Morgan fingerprint density at radius 1 is 0.549 bits per heavy atom. The molecule has 490 valence electrons. The molecule has 0 saturated carbocycles. The van der Waals surface area contributed by atoms with Crippen LogP contribution in [-0.4, -0.2) is 186 Å². The molecular formula is C72H90Cl3N5O11. The maximum Gasteiger partial charge on any atom is 0.328 e. The number of rotatable bonds is 23. The predicted octanol–water partition coefficient (Wildman–Crippen LogP) is 9.92. The number of hydrogen-bond donors (Lipinski definition) is 3. The van der Waals surface area contributed by atoms with E-state index in [1.165, 1.54) is 51.6 Å². The Balaban J connectivity index is 0.000000263. The highest BCUT2D eigenvalue weighted by molar-refractivity contribution is 6.67. The molecule has 19 heteroatoms. The van der Waals surface area contributed by atoms with E-state index in [1.54, 1.807) is 9.80 Å². The molecule has 16 nitrogen and oxygen atoms in total. The van der Waals surface area contributed by atoms with E-state index in [0.717, 1.165) is 46.6 Å². The third-order valence-electron chi connectivity index (χ3n) is 16.1. The molecule has 3 saturated heterocycles. The van der Waals surface area contributed by atoms with Crippen molar-refractivity contribution in [2.45, 2.75) is 107 Å².